The Morgan fingerprint density at radius 1 is 1.04 bits per heavy atom. The van der Waals surface area contributed by atoms with E-state index in [1.54, 1.807) is 0 Å². The average molecular weight is 318 g/mol. The van der Waals surface area contributed by atoms with Crippen LogP contribution in [0.2, 0.25) is 0 Å². The van der Waals surface area contributed by atoms with Gasteiger partial charge in [0.15, 0.2) is 5.78 Å². The van der Waals surface area contributed by atoms with Crippen molar-refractivity contribution in [3.63, 3.8) is 0 Å². The zero-order valence-corrected chi connectivity index (χ0v) is 14.4. The monoisotopic (exact) mass is 318 g/mol. The Kier molecular flexibility index (Phi) is 4.61. The van der Waals surface area contributed by atoms with Crippen LogP contribution in [0.4, 0.5) is 0 Å². The van der Waals surface area contributed by atoms with Gasteiger partial charge in [-0.15, -0.1) is 0 Å². The molecular formula is C21H22N2O. The second-order valence-electron chi connectivity index (χ2n) is 6.41. The highest BCUT2D eigenvalue weighted by Gasteiger charge is 2.08. The molecule has 0 unspecified atom stereocenters. The summed E-state index contributed by atoms with van der Waals surface area (Å²) in [7, 11) is 0. The van der Waals surface area contributed by atoms with Crippen LogP contribution in [0.3, 0.4) is 0 Å². The second kappa shape index (κ2) is 6.83. The summed E-state index contributed by atoms with van der Waals surface area (Å²) in [5, 5.41) is 0. The lowest BCUT2D eigenvalue weighted by atomic mass is 9.98. The molecule has 24 heavy (non-hydrogen) atoms. The van der Waals surface area contributed by atoms with Crippen molar-refractivity contribution in [2.24, 2.45) is 0 Å². The summed E-state index contributed by atoms with van der Waals surface area (Å²) in [6.07, 6.45) is 4.33. The smallest absolute Gasteiger partial charge is 0.167 e. The molecule has 0 saturated heterocycles. The number of aryl methyl sites for hydroxylation is 3. The Hall–Kier alpha value is -2.68. The molecule has 0 aliphatic heterocycles. The maximum atomic E-state index is 12.4. The van der Waals surface area contributed by atoms with Gasteiger partial charge < -0.3 is 4.57 Å². The Bertz CT molecular complexity index is 860. The number of imidazole rings is 1. The van der Waals surface area contributed by atoms with Crippen LogP contribution in [0.15, 0.2) is 55.0 Å². The van der Waals surface area contributed by atoms with Crippen LogP contribution in [0.5, 0.6) is 0 Å². The first-order valence-electron chi connectivity index (χ1n) is 8.18. The Morgan fingerprint density at radius 3 is 2.42 bits per heavy atom. The van der Waals surface area contributed by atoms with Crippen molar-refractivity contribution >= 4 is 5.78 Å². The van der Waals surface area contributed by atoms with Gasteiger partial charge in [-0.05, 0) is 37.5 Å². The summed E-state index contributed by atoms with van der Waals surface area (Å²) in [5.41, 5.74) is 6.48. The number of carbonyl (C=O) groups excluding carboxylic acids is 1. The van der Waals surface area contributed by atoms with Crippen LogP contribution in [0, 0.1) is 20.8 Å². The molecule has 3 nitrogen and oxygen atoms in total. The molecule has 122 valence electrons. The van der Waals surface area contributed by atoms with Gasteiger partial charge in [0, 0.05) is 24.7 Å². The van der Waals surface area contributed by atoms with Gasteiger partial charge in [0.25, 0.3) is 0 Å². The largest absolute Gasteiger partial charge is 0.333 e. The van der Waals surface area contributed by atoms with Gasteiger partial charge in [0.05, 0.1) is 12.0 Å². The van der Waals surface area contributed by atoms with E-state index in [0.29, 0.717) is 6.42 Å². The predicted octanol–water partition coefficient (Wildman–Crippen LogP) is 4.28. The molecule has 0 fully saturated rings. The number of nitrogens with zero attached hydrogens (tertiary/aromatic N) is 2. The zero-order chi connectivity index (χ0) is 17.1. The molecule has 0 aliphatic rings. The molecule has 1 aromatic heterocycles. The van der Waals surface area contributed by atoms with E-state index < -0.39 is 0 Å². The standard InChI is InChI=1S/C21H22N2O/c1-15-4-7-19(8-5-15)21(24)11-18-6-9-20(16(2)10-18)13-23-12-17(3)22-14-23/h4-10,12,14H,11,13H2,1-3H3. The van der Waals surface area contributed by atoms with E-state index >= 15 is 0 Å². The summed E-state index contributed by atoms with van der Waals surface area (Å²) in [6.45, 7) is 6.92. The predicted molar refractivity (Wildman–Crippen MR) is 96.5 cm³/mol. The molecule has 0 bridgehead atoms. The lowest BCUT2D eigenvalue weighted by Crippen LogP contribution is -2.05. The average Bonchev–Trinajstić information content (AvgIpc) is 2.96. The van der Waals surface area contributed by atoms with E-state index in [9.17, 15) is 4.79 Å². The number of rotatable bonds is 5. The SMILES string of the molecule is Cc1ccc(C(=O)Cc2ccc(Cn3cnc(C)c3)c(C)c2)cc1. The van der Waals surface area contributed by atoms with E-state index in [0.717, 1.165) is 23.4 Å². The maximum absolute atomic E-state index is 12.4. The van der Waals surface area contributed by atoms with Crippen molar-refractivity contribution in [3.05, 3.63) is 88.5 Å². The van der Waals surface area contributed by atoms with Crippen molar-refractivity contribution < 1.29 is 4.79 Å². The number of Topliss-reactive ketones (excluding diaryl/α,β-unsaturated/α-hetero) is 1. The molecule has 3 heteroatoms. The number of hydrogen-bond acceptors (Lipinski definition) is 2. The Morgan fingerprint density at radius 2 is 1.79 bits per heavy atom. The van der Waals surface area contributed by atoms with Gasteiger partial charge in [0.2, 0.25) is 0 Å². The highest BCUT2D eigenvalue weighted by molar-refractivity contribution is 5.97. The summed E-state index contributed by atoms with van der Waals surface area (Å²) >= 11 is 0. The lowest BCUT2D eigenvalue weighted by Gasteiger charge is -2.09. The minimum Gasteiger partial charge on any atom is -0.333 e. The summed E-state index contributed by atoms with van der Waals surface area (Å²) in [6, 6.07) is 14.1. The van der Waals surface area contributed by atoms with Crippen molar-refractivity contribution in [3.8, 4) is 0 Å². The number of benzene rings is 2. The van der Waals surface area contributed by atoms with E-state index in [2.05, 4.69) is 34.7 Å². The number of ketones is 1. The molecule has 0 aliphatic carbocycles. The Balaban J connectivity index is 1.72. The van der Waals surface area contributed by atoms with Crippen LogP contribution in [-0.2, 0) is 13.0 Å². The third kappa shape index (κ3) is 3.80. The maximum Gasteiger partial charge on any atom is 0.167 e. The summed E-state index contributed by atoms with van der Waals surface area (Å²) in [5.74, 6) is 0.160. The molecule has 0 saturated carbocycles. The molecular weight excluding hydrogens is 296 g/mol. The Labute approximate surface area is 143 Å². The van der Waals surface area contributed by atoms with Crippen LogP contribution in [0.25, 0.3) is 0 Å². The third-order valence-electron chi connectivity index (χ3n) is 4.26. The third-order valence-corrected chi connectivity index (χ3v) is 4.26. The lowest BCUT2D eigenvalue weighted by molar-refractivity contribution is 0.0993. The first-order valence-corrected chi connectivity index (χ1v) is 8.18. The minimum atomic E-state index is 0.160. The molecule has 0 atom stereocenters. The van der Waals surface area contributed by atoms with Gasteiger partial charge in [-0.3, -0.25) is 4.79 Å². The molecule has 0 N–H and O–H groups in total. The van der Waals surface area contributed by atoms with Gasteiger partial charge in [-0.25, -0.2) is 4.98 Å². The first-order chi connectivity index (χ1) is 11.5. The van der Waals surface area contributed by atoms with Crippen LogP contribution in [-0.4, -0.2) is 15.3 Å². The van der Waals surface area contributed by atoms with E-state index in [1.165, 1.54) is 16.7 Å². The van der Waals surface area contributed by atoms with Crippen LogP contribution < -0.4 is 0 Å². The van der Waals surface area contributed by atoms with Gasteiger partial charge in [-0.1, -0.05) is 48.0 Å². The zero-order valence-electron chi connectivity index (χ0n) is 14.4. The summed E-state index contributed by atoms with van der Waals surface area (Å²) in [4.78, 5) is 16.7. The van der Waals surface area contributed by atoms with E-state index in [4.69, 9.17) is 0 Å². The number of carbonyl (C=O) groups is 1. The first kappa shape index (κ1) is 16.2. The van der Waals surface area contributed by atoms with Gasteiger partial charge in [0.1, 0.15) is 0 Å². The highest BCUT2D eigenvalue weighted by atomic mass is 16.1. The van der Waals surface area contributed by atoms with Crippen LogP contribution >= 0.6 is 0 Å². The quantitative estimate of drug-likeness (QED) is 0.658. The molecule has 1 heterocycles. The molecule has 3 rings (SSSR count). The molecule has 3 aromatic rings. The van der Waals surface area contributed by atoms with Gasteiger partial charge >= 0.3 is 0 Å². The number of hydrogen-bond donors (Lipinski definition) is 0. The minimum absolute atomic E-state index is 0.160. The van der Waals surface area contributed by atoms with E-state index in [1.807, 2.05) is 50.6 Å². The van der Waals surface area contributed by atoms with Crippen molar-refractivity contribution in [2.75, 3.05) is 0 Å². The normalized spacial score (nSPS) is 10.8. The molecule has 0 radical (unpaired) electrons. The fourth-order valence-electron chi connectivity index (χ4n) is 2.83. The van der Waals surface area contributed by atoms with Crippen LogP contribution in [0.1, 0.15) is 38.3 Å². The van der Waals surface area contributed by atoms with Crippen molar-refractivity contribution in [1.82, 2.24) is 9.55 Å². The van der Waals surface area contributed by atoms with Crippen molar-refractivity contribution in [2.45, 2.75) is 33.7 Å². The number of aromatic nitrogens is 2. The topological polar surface area (TPSA) is 34.9 Å². The van der Waals surface area contributed by atoms with E-state index in [-0.39, 0.29) is 5.78 Å². The fraction of sp³-hybridized carbons (Fsp3) is 0.238. The summed E-state index contributed by atoms with van der Waals surface area (Å²) < 4.78 is 2.08. The van der Waals surface area contributed by atoms with Crippen molar-refractivity contribution in [1.29, 1.82) is 0 Å². The molecule has 0 spiro atoms. The fourth-order valence-corrected chi connectivity index (χ4v) is 2.83. The van der Waals surface area contributed by atoms with Gasteiger partial charge in [-0.2, -0.15) is 0 Å². The second-order valence-corrected chi connectivity index (χ2v) is 6.41. The molecule has 0 amide bonds. The molecule has 2 aromatic carbocycles. The highest BCUT2D eigenvalue weighted by Crippen LogP contribution is 2.15.